The van der Waals surface area contributed by atoms with Crippen molar-refractivity contribution in [2.24, 2.45) is 0 Å². The van der Waals surface area contributed by atoms with Crippen molar-refractivity contribution in [1.82, 2.24) is 9.80 Å². The highest BCUT2D eigenvalue weighted by molar-refractivity contribution is 5.95. The first-order valence-corrected chi connectivity index (χ1v) is 7.29. The molecule has 106 valence electrons. The van der Waals surface area contributed by atoms with Gasteiger partial charge in [-0.2, -0.15) is 0 Å². The third-order valence-corrected chi connectivity index (χ3v) is 4.25. The molecule has 1 aromatic rings. The van der Waals surface area contributed by atoms with Crippen LogP contribution in [0, 0.1) is 6.92 Å². The van der Waals surface area contributed by atoms with E-state index < -0.39 is 0 Å². The van der Waals surface area contributed by atoms with E-state index >= 15 is 0 Å². The van der Waals surface area contributed by atoms with Gasteiger partial charge in [-0.25, -0.2) is 0 Å². The van der Waals surface area contributed by atoms with Crippen molar-refractivity contribution in [2.75, 3.05) is 19.6 Å². The summed E-state index contributed by atoms with van der Waals surface area (Å²) in [7, 11) is 0. The molecule has 1 aromatic carbocycles. The quantitative estimate of drug-likeness (QED) is 0.834. The largest absolute Gasteiger partial charge is 0.331 e. The summed E-state index contributed by atoms with van der Waals surface area (Å²) in [6.07, 6.45) is 2.59. The maximum atomic E-state index is 12.4. The van der Waals surface area contributed by atoms with E-state index in [4.69, 9.17) is 0 Å². The van der Waals surface area contributed by atoms with Crippen LogP contribution < -0.4 is 0 Å². The van der Waals surface area contributed by atoms with E-state index in [2.05, 4.69) is 25.1 Å². The Morgan fingerprint density at radius 1 is 1.30 bits per heavy atom. The highest BCUT2D eigenvalue weighted by Crippen LogP contribution is 2.23. The van der Waals surface area contributed by atoms with E-state index in [1.54, 1.807) is 9.80 Å². The van der Waals surface area contributed by atoms with Crippen LogP contribution in [0.25, 0.3) is 0 Å². The molecule has 20 heavy (non-hydrogen) atoms. The summed E-state index contributed by atoms with van der Waals surface area (Å²) in [5.74, 6) is 0.242. The van der Waals surface area contributed by atoms with Crippen LogP contribution in [0.5, 0.6) is 0 Å². The van der Waals surface area contributed by atoms with E-state index in [-0.39, 0.29) is 24.4 Å². The Labute approximate surface area is 119 Å². The second-order valence-corrected chi connectivity index (χ2v) is 5.74. The lowest BCUT2D eigenvalue weighted by atomic mass is 10.1. The van der Waals surface area contributed by atoms with Crippen molar-refractivity contribution in [3.8, 4) is 0 Å². The average Bonchev–Trinajstić information content (AvgIpc) is 2.91. The summed E-state index contributed by atoms with van der Waals surface area (Å²) in [4.78, 5) is 27.9. The summed E-state index contributed by atoms with van der Waals surface area (Å²) in [6.45, 7) is 3.70. The molecule has 0 radical (unpaired) electrons. The van der Waals surface area contributed by atoms with Crippen molar-refractivity contribution in [2.45, 2.75) is 32.2 Å². The third-order valence-electron chi connectivity index (χ3n) is 4.25. The summed E-state index contributed by atoms with van der Waals surface area (Å²) < 4.78 is 0. The van der Waals surface area contributed by atoms with Crippen LogP contribution in [0.15, 0.2) is 24.3 Å². The number of rotatable bonds is 3. The Hall–Kier alpha value is -1.84. The maximum Gasteiger partial charge on any atom is 0.245 e. The molecular formula is C16H20N2O2. The van der Waals surface area contributed by atoms with Crippen molar-refractivity contribution >= 4 is 11.8 Å². The number of fused-ring (bicyclic) bond motifs is 1. The SMILES string of the molecule is Cc1cccc(CCN2CC(=O)N3CCCC3C2=O)c1. The normalized spacial score (nSPS) is 22.4. The molecule has 4 nitrogen and oxygen atoms in total. The highest BCUT2D eigenvalue weighted by Gasteiger charge is 2.41. The first-order chi connectivity index (χ1) is 9.65. The fraction of sp³-hybridized carbons (Fsp3) is 0.500. The predicted octanol–water partition coefficient (Wildman–Crippen LogP) is 1.37. The van der Waals surface area contributed by atoms with E-state index in [9.17, 15) is 9.59 Å². The fourth-order valence-electron chi connectivity index (χ4n) is 3.19. The van der Waals surface area contributed by atoms with Gasteiger partial charge in [-0.15, -0.1) is 0 Å². The lowest BCUT2D eigenvalue weighted by Crippen LogP contribution is -2.57. The number of hydrogen-bond acceptors (Lipinski definition) is 2. The van der Waals surface area contributed by atoms with Crippen molar-refractivity contribution < 1.29 is 9.59 Å². The van der Waals surface area contributed by atoms with Gasteiger partial charge in [0.2, 0.25) is 11.8 Å². The van der Waals surface area contributed by atoms with E-state index in [1.807, 2.05) is 6.07 Å². The molecule has 0 aliphatic carbocycles. The zero-order valence-corrected chi connectivity index (χ0v) is 11.8. The van der Waals surface area contributed by atoms with Crippen molar-refractivity contribution in [1.29, 1.82) is 0 Å². The number of carbonyl (C=O) groups excluding carboxylic acids is 2. The minimum Gasteiger partial charge on any atom is -0.331 e. The van der Waals surface area contributed by atoms with Gasteiger partial charge in [0, 0.05) is 13.1 Å². The van der Waals surface area contributed by atoms with Gasteiger partial charge in [-0.3, -0.25) is 9.59 Å². The molecule has 0 N–H and O–H groups in total. The van der Waals surface area contributed by atoms with Crippen LogP contribution in [0.1, 0.15) is 24.0 Å². The van der Waals surface area contributed by atoms with Crippen molar-refractivity contribution in [3.05, 3.63) is 35.4 Å². The van der Waals surface area contributed by atoms with Gasteiger partial charge < -0.3 is 9.80 Å². The maximum absolute atomic E-state index is 12.4. The van der Waals surface area contributed by atoms with Crippen LogP contribution in [0.3, 0.4) is 0 Å². The number of amides is 2. The van der Waals surface area contributed by atoms with Crippen LogP contribution in [0.4, 0.5) is 0 Å². The Morgan fingerprint density at radius 3 is 2.95 bits per heavy atom. The molecular weight excluding hydrogens is 252 g/mol. The minimum absolute atomic E-state index is 0.108. The Balaban J connectivity index is 1.65. The molecule has 2 aliphatic heterocycles. The highest BCUT2D eigenvalue weighted by atomic mass is 16.2. The fourth-order valence-corrected chi connectivity index (χ4v) is 3.19. The van der Waals surface area contributed by atoms with Gasteiger partial charge in [0.1, 0.15) is 6.04 Å². The molecule has 1 atom stereocenters. The monoisotopic (exact) mass is 272 g/mol. The molecule has 4 heteroatoms. The van der Waals surface area contributed by atoms with Gasteiger partial charge in [-0.05, 0) is 31.7 Å². The number of piperazine rings is 1. The van der Waals surface area contributed by atoms with E-state index in [0.717, 1.165) is 25.8 Å². The van der Waals surface area contributed by atoms with Crippen LogP contribution >= 0.6 is 0 Å². The number of nitrogens with zero attached hydrogens (tertiary/aromatic N) is 2. The van der Waals surface area contributed by atoms with E-state index in [1.165, 1.54) is 11.1 Å². The van der Waals surface area contributed by atoms with Crippen molar-refractivity contribution in [3.63, 3.8) is 0 Å². The second kappa shape index (κ2) is 5.27. The lowest BCUT2D eigenvalue weighted by Gasteiger charge is -2.36. The molecule has 0 saturated carbocycles. The molecule has 2 aliphatic rings. The number of aryl methyl sites for hydroxylation is 1. The predicted molar refractivity (Wildman–Crippen MR) is 76.2 cm³/mol. The van der Waals surface area contributed by atoms with Crippen LogP contribution in [-0.2, 0) is 16.0 Å². The minimum atomic E-state index is -0.186. The molecule has 2 saturated heterocycles. The smallest absolute Gasteiger partial charge is 0.245 e. The molecule has 3 rings (SSSR count). The van der Waals surface area contributed by atoms with Gasteiger partial charge >= 0.3 is 0 Å². The van der Waals surface area contributed by atoms with Gasteiger partial charge in [-0.1, -0.05) is 29.8 Å². The zero-order chi connectivity index (χ0) is 14.1. The van der Waals surface area contributed by atoms with Crippen LogP contribution in [-0.4, -0.2) is 47.3 Å². The van der Waals surface area contributed by atoms with E-state index in [0.29, 0.717) is 6.54 Å². The Kier molecular flexibility index (Phi) is 3.47. The number of hydrogen-bond donors (Lipinski definition) is 0. The molecule has 1 unspecified atom stereocenters. The third kappa shape index (κ3) is 2.42. The Bertz CT molecular complexity index is 541. The second-order valence-electron chi connectivity index (χ2n) is 5.74. The van der Waals surface area contributed by atoms with Crippen LogP contribution in [0.2, 0.25) is 0 Å². The average molecular weight is 272 g/mol. The Morgan fingerprint density at radius 2 is 2.15 bits per heavy atom. The molecule has 2 fully saturated rings. The molecule has 2 heterocycles. The summed E-state index contributed by atoms with van der Waals surface area (Å²) in [5, 5.41) is 0. The van der Waals surface area contributed by atoms with Gasteiger partial charge in [0.05, 0.1) is 6.54 Å². The summed E-state index contributed by atoms with van der Waals surface area (Å²) in [6, 6.07) is 8.12. The van der Waals surface area contributed by atoms with Gasteiger partial charge in [0.25, 0.3) is 0 Å². The zero-order valence-electron chi connectivity index (χ0n) is 11.8. The van der Waals surface area contributed by atoms with Gasteiger partial charge in [0.15, 0.2) is 0 Å². The summed E-state index contributed by atoms with van der Waals surface area (Å²) >= 11 is 0. The molecule has 0 bridgehead atoms. The lowest BCUT2D eigenvalue weighted by molar-refractivity contribution is -0.153. The first-order valence-electron chi connectivity index (χ1n) is 7.29. The molecule has 2 amide bonds. The number of carbonyl (C=O) groups is 2. The summed E-state index contributed by atoms with van der Waals surface area (Å²) in [5.41, 5.74) is 2.45. The topological polar surface area (TPSA) is 40.6 Å². The number of benzene rings is 1. The molecule has 0 spiro atoms. The first kappa shape index (κ1) is 13.2. The molecule has 0 aromatic heterocycles. The standard InChI is InChI=1S/C16H20N2O2/c1-12-4-2-5-13(10-12)7-9-17-11-15(19)18-8-3-6-14(18)16(17)20/h2,4-5,10,14H,3,6-9,11H2,1H3.